The van der Waals surface area contributed by atoms with Crippen molar-refractivity contribution in [1.82, 2.24) is 5.32 Å². The number of nitrogens with two attached hydrogens (primary N) is 1. The maximum Gasteiger partial charge on any atom is 0.227 e. The van der Waals surface area contributed by atoms with Crippen LogP contribution in [0.3, 0.4) is 0 Å². The first-order chi connectivity index (χ1) is 7.18. The monoisotopic (exact) mass is 216 g/mol. The average Bonchev–Trinajstić information content (AvgIpc) is 3.04. The third-order valence-corrected chi connectivity index (χ3v) is 2.90. The van der Waals surface area contributed by atoms with Gasteiger partial charge in [-0.15, -0.1) is 0 Å². The summed E-state index contributed by atoms with van der Waals surface area (Å²) in [5.41, 5.74) is 5.26. The summed E-state index contributed by atoms with van der Waals surface area (Å²) < 4.78 is 10.1. The number of nitrogens with one attached hydrogen (secondary N) is 1. The number of ether oxygens (including phenoxy) is 2. The first-order valence-corrected chi connectivity index (χ1v) is 5.18. The Morgan fingerprint density at radius 1 is 1.53 bits per heavy atom. The van der Waals surface area contributed by atoms with Crippen molar-refractivity contribution in [1.29, 1.82) is 0 Å². The second-order valence-corrected chi connectivity index (χ2v) is 4.01. The van der Waals surface area contributed by atoms with Crippen molar-refractivity contribution >= 4 is 5.91 Å². The SMILES string of the molecule is COCC(CNC(=O)C1(CN)CC1)OC. The minimum atomic E-state index is -0.286. The highest BCUT2D eigenvalue weighted by molar-refractivity contribution is 5.85. The molecule has 5 heteroatoms. The molecule has 0 aromatic rings. The fourth-order valence-corrected chi connectivity index (χ4v) is 1.46. The van der Waals surface area contributed by atoms with Crippen LogP contribution in [0.25, 0.3) is 0 Å². The summed E-state index contributed by atoms with van der Waals surface area (Å²) in [5, 5.41) is 2.85. The average molecular weight is 216 g/mol. The van der Waals surface area contributed by atoms with Crippen LogP contribution in [-0.2, 0) is 14.3 Å². The number of carbonyl (C=O) groups is 1. The van der Waals surface area contributed by atoms with Crippen LogP contribution >= 0.6 is 0 Å². The molecule has 1 aliphatic rings. The molecule has 1 atom stereocenters. The van der Waals surface area contributed by atoms with Crippen LogP contribution in [0.15, 0.2) is 0 Å². The molecule has 1 unspecified atom stereocenters. The number of amides is 1. The van der Waals surface area contributed by atoms with Crippen LogP contribution < -0.4 is 11.1 Å². The summed E-state index contributed by atoms with van der Waals surface area (Å²) in [5.74, 6) is 0.0446. The first-order valence-electron chi connectivity index (χ1n) is 5.18. The number of rotatable bonds is 7. The van der Waals surface area contributed by atoms with Crippen molar-refractivity contribution in [2.24, 2.45) is 11.1 Å². The molecule has 88 valence electrons. The van der Waals surface area contributed by atoms with Gasteiger partial charge in [-0.3, -0.25) is 4.79 Å². The molecule has 1 rings (SSSR count). The van der Waals surface area contributed by atoms with Crippen LogP contribution in [0.1, 0.15) is 12.8 Å². The number of hydrogen-bond acceptors (Lipinski definition) is 4. The maximum absolute atomic E-state index is 11.7. The maximum atomic E-state index is 11.7. The van der Waals surface area contributed by atoms with Gasteiger partial charge >= 0.3 is 0 Å². The van der Waals surface area contributed by atoms with Gasteiger partial charge in [0.25, 0.3) is 0 Å². The molecule has 0 aromatic heterocycles. The third-order valence-electron chi connectivity index (χ3n) is 2.90. The number of hydrogen-bond donors (Lipinski definition) is 2. The van der Waals surface area contributed by atoms with E-state index in [0.717, 1.165) is 12.8 Å². The molecule has 0 heterocycles. The van der Waals surface area contributed by atoms with E-state index in [9.17, 15) is 4.79 Å². The fraction of sp³-hybridized carbons (Fsp3) is 0.900. The van der Waals surface area contributed by atoms with Gasteiger partial charge in [0.1, 0.15) is 0 Å². The molecule has 0 bridgehead atoms. The smallest absolute Gasteiger partial charge is 0.227 e. The first kappa shape index (κ1) is 12.4. The van der Waals surface area contributed by atoms with Gasteiger partial charge in [0.2, 0.25) is 5.91 Å². The third kappa shape index (κ3) is 3.15. The van der Waals surface area contributed by atoms with E-state index in [1.807, 2.05) is 0 Å². The predicted molar refractivity (Wildman–Crippen MR) is 56.4 cm³/mol. The molecule has 0 aliphatic heterocycles. The van der Waals surface area contributed by atoms with Crippen molar-refractivity contribution < 1.29 is 14.3 Å². The highest BCUT2D eigenvalue weighted by Crippen LogP contribution is 2.44. The molecule has 0 radical (unpaired) electrons. The summed E-state index contributed by atoms with van der Waals surface area (Å²) in [6.45, 7) is 1.39. The Labute approximate surface area is 90.3 Å². The van der Waals surface area contributed by atoms with Gasteiger partial charge < -0.3 is 20.5 Å². The van der Waals surface area contributed by atoms with E-state index in [1.165, 1.54) is 0 Å². The fourth-order valence-electron chi connectivity index (χ4n) is 1.46. The molecule has 1 amide bonds. The van der Waals surface area contributed by atoms with Crippen LogP contribution in [0.4, 0.5) is 0 Å². The van der Waals surface area contributed by atoms with E-state index in [2.05, 4.69) is 5.32 Å². The van der Waals surface area contributed by atoms with Gasteiger partial charge in [-0.25, -0.2) is 0 Å². The Balaban J connectivity index is 2.26. The van der Waals surface area contributed by atoms with E-state index in [0.29, 0.717) is 19.7 Å². The zero-order chi connectivity index (χ0) is 11.3. The number of carbonyl (C=O) groups excluding carboxylic acids is 1. The molecule has 1 fully saturated rings. The largest absolute Gasteiger partial charge is 0.382 e. The number of methoxy groups -OCH3 is 2. The summed E-state index contributed by atoms with van der Waals surface area (Å²) in [7, 11) is 3.21. The lowest BCUT2D eigenvalue weighted by molar-refractivity contribution is -0.126. The van der Waals surface area contributed by atoms with Crippen molar-refractivity contribution in [2.75, 3.05) is 33.9 Å². The van der Waals surface area contributed by atoms with E-state index >= 15 is 0 Å². The Morgan fingerprint density at radius 3 is 2.60 bits per heavy atom. The quantitative estimate of drug-likeness (QED) is 0.602. The molecule has 0 saturated heterocycles. The molecular weight excluding hydrogens is 196 g/mol. The van der Waals surface area contributed by atoms with Gasteiger partial charge in [0, 0.05) is 27.3 Å². The molecule has 1 saturated carbocycles. The molecule has 0 aromatic carbocycles. The Hall–Kier alpha value is -0.650. The zero-order valence-electron chi connectivity index (χ0n) is 9.41. The van der Waals surface area contributed by atoms with Crippen LogP contribution in [0.2, 0.25) is 0 Å². The van der Waals surface area contributed by atoms with Crippen LogP contribution in [0.5, 0.6) is 0 Å². The van der Waals surface area contributed by atoms with Crippen molar-refractivity contribution in [3.63, 3.8) is 0 Å². The Morgan fingerprint density at radius 2 is 2.20 bits per heavy atom. The highest BCUT2D eigenvalue weighted by Gasteiger charge is 2.48. The normalized spacial score (nSPS) is 19.7. The lowest BCUT2D eigenvalue weighted by Crippen LogP contribution is -2.41. The van der Waals surface area contributed by atoms with Gasteiger partial charge in [0.05, 0.1) is 18.1 Å². The van der Waals surface area contributed by atoms with Crippen LogP contribution in [0, 0.1) is 5.41 Å². The summed E-state index contributed by atoms with van der Waals surface area (Å²) in [4.78, 5) is 11.7. The second-order valence-electron chi connectivity index (χ2n) is 4.01. The predicted octanol–water partition coefficient (Wildman–Crippen LogP) is -0.497. The van der Waals surface area contributed by atoms with Crippen molar-refractivity contribution in [2.45, 2.75) is 18.9 Å². The summed E-state index contributed by atoms with van der Waals surface area (Å²) >= 11 is 0. The minimum absolute atomic E-state index is 0.0446. The molecule has 3 N–H and O–H groups in total. The lowest BCUT2D eigenvalue weighted by Gasteiger charge is -2.17. The highest BCUT2D eigenvalue weighted by atomic mass is 16.5. The standard InChI is InChI=1S/C10H20N2O3/c1-14-6-8(15-2)5-12-9(13)10(7-11)3-4-10/h8H,3-7,11H2,1-2H3,(H,12,13). The van der Waals surface area contributed by atoms with E-state index in [4.69, 9.17) is 15.2 Å². The van der Waals surface area contributed by atoms with E-state index < -0.39 is 0 Å². The van der Waals surface area contributed by atoms with E-state index in [1.54, 1.807) is 14.2 Å². The molecule has 5 nitrogen and oxygen atoms in total. The van der Waals surface area contributed by atoms with Gasteiger partial charge in [-0.05, 0) is 12.8 Å². The molecule has 15 heavy (non-hydrogen) atoms. The van der Waals surface area contributed by atoms with Gasteiger partial charge in [-0.2, -0.15) is 0 Å². The van der Waals surface area contributed by atoms with Crippen molar-refractivity contribution in [3.8, 4) is 0 Å². The van der Waals surface area contributed by atoms with Gasteiger partial charge in [0.15, 0.2) is 0 Å². The summed E-state index contributed by atoms with van der Waals surface area (Å²) in [6, 6.07) is 0. The molecular formula is C10H20N2O3. The lowest BCUT2D eigenvalue weighted by atomic mass is 10.1. The van der Waals surface area contributed by atoms with Crippen LogP contribution in [-0.4, -0.2) is 45.9 Å². The minimum Gasteiger partial charge on any atom is -0.382 e. The van der Waals surface area contributed by atoms with Crippen molar-refractivity contribution in [3.05, 3.63) is 0 Å². The zero-order valence-corrected chi connectivity index (χ0v) is 9.41. The van der Waals surface area contributed by atoms with Gasteiger partial charge in [-0.1, -0.05) is 0 Å². The Bertz CT molecular complexity index is 217. The molecule has 1 aliphatic carbocycles. The molecule has 0 spiro atoms. The summed E-state index contributed by atoms with van der Waals surface area (Å²) in [6.07, 6.45) is 1.71. The second kappa shape index (κ2) is 5.44. The topological polar surface area (TPSA) is 73.6 Å². The Kier molecular flexibility index (Phi) is 4.50. The van der Waals surface area contributed by atoms with E-state index in [-0.39, 0.29) is 17.4 Å².